The smallest absolute Gasteiger partial charge is 0.338 e. The molecule has 0 bridgehead atoms. The van der Waals surface area contributed by atoms with Crippen molar-refractivity contribution in [3.63, 3.8) is 0 Å². The highest BCUT2D eigenvalue weighted by molar-refractivity contribution is 7.92. The highest BCUT2D eigenvalue weighted by Gasteiger charge is 2.26. The van der Waals surface area contributed by atoms with E-state index in [4.69, 9.17) is 21.1 Å². The zero-order chi connectivity index (χ0) is 30.2. The Morgan fingerprint density at radius 3 is 2.50 bits per heavy atom. The van der Waals surface area contributed by atoms with Gasteiger partial charge in [0.2, 0.25) is 0 Å². The van der Waals surface area contributed by atoms with E-state index in [0.717, 1.165) is 6.07 Å². The number of anilines is 2. The molecule has 14 heteroatoms. The molecule has 5 rings (SSSR count). The van der Waals surface area contributed by atoms with E-state index in [1.54, 1.807) is 44.3 Å². The molecular weight excluding hydrogens is 588 g/mol. The van der Waals surface area contributed by atoms with Crippen LogP contribution < -0.4 is 20.3 Å². The minimum Gasteiger partial charge on any atom is -0.482 e. The van der Waals surface area contributed by atoms with E-state index in [1.165, 1.54) is 39.7 Å². The van der Waals surface area contributed by atoms with Crippen molar-refractivity contribution in [1.82, 2.24) is 9.36 Å². The molecule has 0 unspecified atom stereocenters. The number of esters is 1. The number of hydrogen-bond donors (Lipinski definition) is 2. The summed E-state index contributed by atoms with van der Waals surface area (Å²) >= 11 is 6.19. The fourth-order valence-electron chi connectivity index (χ4n) is 4.27. The third-order valence-corrected chi connectivity index (χ3v) is 8.35. The van der Waals surface area contributed by atoms with Crippen LogP contribution >= 0.6 is 11.6 Å². The standard InChI is InChI=1S/C28H23ClN4O8S/c1-16-26(27(36)33(32(16)2)19-6-4-3-5-7-19)31-42(38,39)24-13-18(8-10-20(24)29)28(37)41-14-22(34)17-9-11-23-21(12-17)30-25(35)15-40-23/h3-13,31H,14-15H2,1-2H3,(H,30,35). The fraction of sp³-hybridized carbons (Fsp3) is 0.143. The Balaban J connectivity index is 1.34. The van der Waals surface area contributed by atoms with Crippen LogP contribution in [0.25, 0.3) is 5.69 Å². The van der Waals surface area contributed by atoms with Gasteiger partial charge in [-0.2, -0.15) is 0 Å². The number of fused-ring (bicyclic) bond motifs is 1. The third kappa shape index (κ3) is 5.51. The van der Waals surface area contributed by atoms with Crippen LogP contribution in [0, 0.1) is 6.92 Å². The Kier molecular flexibility index (Phi) is 7.63. The number of Topliss-reactive ketones (excluding diaryl/α,β-unsaturated/α-hetero) is 1. The number of nitrogens with one attached hydrogen (secondary N) is 2. The van der Waals surface area contributed by atoms with Gasteiger partial charge in [0.05, 0.1) is 27.7 Å². The molecule has 4 aromatic rings. The van der Waals surface area contributed by atoms with Crippen molar-refractivity contribution in [2.45, 2.75) is 11.8 Å². The highest BCUT2D eigenvalue weighted by Crippen LogP contribution is 2.29. The normalized spacial score (nSPS) is 12.6. The minimum atomic E-state index is -4.45. The largest absolute Gasteiger partial charge is 0.482 e. The Morgan fingerprint density at radius 1 is 1.05 bits per heavy atom. The van der Waals surface area contributed by atoms with Crippen LogP contribution in [-0.4, -0.2) is 48.7 Å². The molecule has 0 radical (unpaired) electrons. The quantitative estimate of drug-likeness (QED) is 0.227. The maximum absolute atomic E-state index is 13.4. The number of rotatable bonds is 8. The average Bonchev–Trinajstić information content (AvgIpc) is 3.18. The molecule has 42 heavy (non-hydrogen) atoms. The predicted molar refractivity (Wildman–Crippen MR) is 153 cm³/mol. The number of benzene rings is 3. The van der Waals surface area contributed by atoms with Crippen LogP contribution in [0.1, 0.15) is 26.4 Å². The molecular formula is C28H23ClN4O8S. The first-order valence-electron chi connectivity index (χ1n) is 12.4. The van der Waals surface area contributed by atoms with Crippen LogP contribution in [0.2, 0.25) is 5.02 Å². The predicted octanol–water partition coefficient (Wildman–Crippen LogP) is 3.31. The third-order valence-electron chi connectivity index (χ3n) is 6.52. The van der Waals surface area contributed by atoms with Gasteiger partial charge in [-0.25, -0.2) is 17.9 Å². The van der Waals surface area contributed by atoms with Gasteiger partial charge in [0, 0.05) is 12.6 Å². The van der Waals surface area contributed by atoms with Crippen molar-refractivity contribution >= 4 is 50.7 Å². The molecule has 1 aliphatic heterocycles. The molecule has 2 N–H and O–H groups in total. The summed E-state index contributed by atoms with van der Waals surface area (Å²) in [5, 5.41) is 2.38. The molecule has 0 saturated carbocycles. The van der Waals surface area contributed by atoms with E-state index in [9.17, 15) is 27.6 Å². The van der Waals surface area contributed by atoms with Crippen molar-refractivity contribution in [2.75, 3.05) is 23.3 Å². The zero-order valence-corrected chi connectivity index (χ0v) is 23.8. The van der Waals surface area contributed by atoms with Gasteiger partial charge in [-0.3, -0.25) is 23.8 Å². The van der Waals surface area contributed by atoms with Gasteiger partial charge in [-0.15, -0.1) is 0 Å². The molecule has 0 saturated heterocycles. The van der Waals surface area contributed by atoms with Gasteiger partial charge < -0.3 is 14.8 Å². The molecule has 1 aliphatic rings. The number of hydrogen-bond acceptors (Lipinski definition) is 8. The van der Waals surface area contributed by atoms with Gasteiger partial charge in [0.25, 0.3) is 21.5 Å². The van der Waals surface area contributed by atoms with E-state index in [1.807, 2.05) is 0 Å². The first kappa shape index (κ1) is 28.6. The monoisotopic (exact) mass is 610 g/mol. The summed E-state index contributed by atoms with van der Waals surface area (Å²) in [5.74, 6) is -1.51. The van der Waals surface area contributed by atoms with Crippen molar-refractivity contribution in [3.8, 4) is 11.4 Å². The second-order valence-electron chi connectivity index (χ2n) is 9.23. The van der Waals surface area contributed by atoms with E-state index in [0.29, 0.717) is 22.8 Å². The molecule has 2 heterocycles. The lowest BCUT2D eigenvalue weighted by Gasteiger charge is -2.18. The maximum Gasteiger partial charge on any atom is 0.338 e. The number of ketones is 1. The number of sulfonamides is 1. The molecule has 0 spiro atoms. The zero-order valence-electron chi connectivity index (χ0n) is 22.2. The van der Waals surface area contributed by atoms with Gasteiger partial charge in [-0.05, 0) is 55.5 Å². The average molecular weight is 611 g/mol. The van der Waals surface area contributed by atoms with Gasteiger partial charge in [0.15, 0.2) is 19.0 Å². The van der Waals surface area contributed by atoms with E-state index >= 15 is 0 Å². The number of carbonyl (C=O) groups is 3. The van der Waals surface area contributed by atoms with Crippen molar-refractivity contribution in [2.24, 2.45) is 7.05 Å². The number of halogens is 1. The number of aromatic nitrogens is 2. The van der Waals surface area contributed by atoms with Crippen molar-refractivity contribution in [3.05, 3.63) is 98.9 Å². The molecule has 0 aliphatic carbocycles. The number of para-hydroxylation sites is 1. The summed E-state index contributed by atoms with van der Waals surface area (Å²) in [4.78, 5) is 49.7. The summed E-state index contributed by atoms with van der Waals surface area (Å²) in [5.41, 5.74) is 0.356. The molecule has 0 atom stereocenters. The molecule has 0 fully saturated rings. The molecule has 216 valence electrons. The minimum absolute atomic E-state index is 0.136. The molecule has 12 nitrogen and oxygen atoms in total. The van der Waals surface area contributed by atoms with Crippen LogP contribution in [0.5, 0.6) is 5.75 Å². The first-order valence-corrected chi connectivity index (χ1v) is 14.3. The van der Waals surface area contributed by atoms with Crippen LogP contribution in [0.4, 0.5) is 11.4 Å². The van der Waals surface area contributed by atoms with Crippen molar-refractivity contribution in [1.29, 1.82) is 0 Å². The lowest BCUT2D eigenvalue weighted by molar-refractivity contribution is -0.118. The topological polar surface area (TPSA) is 155 Å². The number of carbonyl (C=O) groups excluding carboxylic acids is 3. The fourth-order valence-corrected chi connectivity index (χ4v) is 5.91. The van der Waals surface area contributed by atoms with Crippen LogP contribution in [0.3, 0.4) is 0 Å². The summed E-state index contributed by atoms with van der Waals surface area (Å²) in [7, 11) is -2.84. The summed E-state index contributed by atoms with van der Waals surface area (Å²) in [6, 6.07) is 16.5. The van der Waals surface area contributed by atoms with Crippen molar-refractivity contribution < 1.29 is 32.3 Å². The first-order chi connectivity index (χ1) is 20.0. The summed E-state index contributed by atoms with van der Waals surface area (Å²) in [6.45, 7) is 0.787. The summed E-state index contributed by atoms with van der Waals surface area (Å²) < 4.78 is 42.2. The maximum atomic E-state index is 13.4. The number of nitrogens with zero attached hydrogens (tertiary/aromatic N) is 2. The lowest BCUT2D eigenvalue weighted by Crippen LogP contribution is -2.25. The van der Waals surface area contributed by atoms with E-state index in [-0.39, 0.29) is 34.4 Å². The second kappa shape index (κ2) is 11.2. The lowest BCUT2D eigenvalue weighted by atomic mass is 10.1. The SMILES string of the molecule is Cc1c(NS(=O)(=O)c2cc(C(=O)OCC(=O)c3ccc4c(c3)NC(=O)CO4)ccc2Cl)c(=O)n(-c2ccccc2)n1C. The Morgan fingerprint density at radius 2 is 1.76 bits per heavy atom. The van der Waals surface area contributed by atoms with E-state index < -0.39 is 38.8 Å². The number of ether oxygens (including phenoxy) is 2. The second-order valence-corrected chi connectivity index (χ2v) is 11.3. The number of amides is 1. The highest BCUT2D eigenvalue weighted by atomic mass is 35.5. The molecule has 3 aromatic carbocycles. The Bertz CT molecular complexity index is 1920. The van der Waals surface area contributed by atoms with E-state index in [2.05, 4.69) is 10.0 Å². The van der Waals surface area contributed by atoms with Gasteiger partial charge >= 0.3 is 5.97 Å². The van der Waals surface area contributed by atoms with Crippen LogP contribution in [0.15, 0.2) is 76.4 Å². The van der Waals surface area contributed by atoms with Crippen LogP contribution in [-0.2, 0) is 26.6 Å². The van der Waals surface area contributed by atoms with Gasteiger partial charge in [0.1, 0.15) is 16.3 Å². The molecule has 1 amide bonds. The molecule has 1 aromatic heterocycles. The summed E-state index contributed by atoms with van der Waals surface area (Å²) in [6.07, 6.45) is 0. The Labute approximate surface area is 244 Å². The van der Waals surface area contributed by atoms with Gasteiger partial charge in [-0.1, -0.05) is 29.8 Å². The Hall–Kier alpha value is -4.88.